The minimum absolute atomic E-state index is 1.07. The van der Waals surface area contributed by atoms with Gasteiger partial charge in [-0.2, -0.15) is 10.2 Å². The summed E-state index contributed by atoms with van der Waals surface area (Å²) in [6.45, 7) is 0. The van der Waals surface area contributed by atoms with E-state index in [1.54, 1.807) is 0 Å². The molecule has 2 heteroatoms. The Morgan fingerprint density at radius 2 is 0.750 bits per heavy atom. The summed E-state index contributed by atoms with van der Waals surface area (Å²) in [5.41, 5.74) is 12.7. The van der Waals surface area contributed by atoms with Gasteiger partial charge in [-0.25, -0.2) is 0 Å². The maximum atomic E-state index is 4.25. The first-order chi connectivity index (χ1) is 13.9. The molecule has 4 aromatic rings. The highest BCUT2D eigenvalue weighted by molar-refractivity contribution is 6.05. The van der Waals surface area contributed by atoms with E-state index in [2.05, 4.69) is 95.1 Å². The van der Waals surface area contributed by atoms with Crippen LogP contribution in [0.1, 0.15) is 11.1 Å². The number of benzene rings is 4. The fourth-order valence-corrected chi connectivity index (χ4v) is 4.18. The van der Waals surface area contributed by atoms with E-state index < -0.39 is 0 Å². The Morgan fingerprint density at radius 3 is 1.18 bits per heavy atom. The van der Waals surface area contributed by atoms with Gasteiger partial charge in [0.05, 0.1) is 12.4 Å². The van der Waals surface area contributed by atoms with Gasteiger partial charge in [-0.1, -0.05) is 72.8 Å². The highest BCUT2D eigenvalue weighted by Crippen LogP contribution is 2.47. The number of hydrogen-bond acceptors (Lipinski definition) is 2. The molecular formula is C26H16N2. The van der Waals surface area contributed by atoms with Gasteiger partial charge in [0, 0.05) is 0 Å². The van der Waals surface area contributed by atoms with Crippen LogP contribution in [-0.2, 0) is 0 Å². The summed E-state index contributed by atoms with van der Waals surface area (Å²) in [5, 5.41) is 8.49. The van der Waals surface area contributed by atoms with Crippen molar-refractivity contribution in [2.24, 2.45) is 10.2 Å². The lowest BCUT2D eigenvalue weighted by Gasteiger charge is -2.23. The van der Waals surface area contributed by atoms with Gasteiger partial charge >= 0.3 is 0 Å². The lowest BCUT2D eigenvalue weighted by molar-refractivity contribution is 1.26. The maximum absolute atomic E-state index is 4.25. The van der Waals surface area contributed by atoms with E-state index in [-0.39, 0.29) is 0 Å². The van der Waals surface area contributed by atoms with Crippen molar-refractivity contribution in [1.29, 1.82) is 0 Å². The monoisotopic (exact) mass is 356 g/mol. The summed E-state index contributed by atoms with van der Waals surface area (Å²) in [7, 11) is 0. The molecule has 2 aliphatic rings. The van der Waals surface area contributed by atoms with Gasteiger partial charge in [0.25, 0.3) is 0 Å². The van der Waals surface area contributed by atoms with E-state index in [0.29, 0.717) is 0 Å². The molecule has 0 amide bonds. The molecule has 0 radical (unpaired) electrons. The molecule has 0 saturated carbocycles. The van der Waals surface area contributed by atoms with Crippen LogP contribution in [0.2, 0.25) is 0 Å². The van der Waals surface area contributed by atoms with Gasteiger partial charge in [0.15, 0.2) is 0 Å². The van der Waals surface area contributed by atoms with Crippen molar-refractivity contribution in [3.63, 3.8) is 0 Å². The van der Waals surface area contributed by atoms with Crippen LogP contribution in [0.15, 0.2) is 95.1 Å². The second kappa shape index (κ2) is 5.86. The number of fused-ring (bicyclic) bond motifs is 8. The molecule has 0 bridgehead atoms. The number of hydrogen-bond donors (Lipinski definition) is 0. The molecule has 0 fully saturated rings. The molecule has 28 heavy (non-hydrogen) atoms. The Kier molecular flexibility index (Phi) is 3.20. The standard InChI is InChI=1S/C26H16N2/c1-3-7-21-19(5-1)23-11-9-17(13-25(21)23)15-27-28-16-18-10-12-24-20-6-2-4-8-22(20)26(24)14-18/h1-16H/b27-15+,28-16+. The van der Waals surface area contributed by atoms with E-state index >= 15 is 0 Å². The Morgan fingerprint density at radius 1 is 0.393 bits per heavy atom. The third kappa shape index (κ3) is 2.21. The fourth-order valence-electron chi connectivity index (χ4n) is 4.18. The molecule has 6 rings (SSSR count). The summed E-state index contributed by atoms with van der Waals surface area (Å²) < 4.78 is 0. The van der Waals surface area contributed by atoms with Gasteiger partial charge in [-0.15, -0.1) is 0 Å². The molecule has 2 aliphatic carbocycles. The fraction of sp³-hybridized carbons (Fsp3) is 0. The second-order valence-corrected chi connectivity index (χ2v) is 7.19. The van der Waals surface area contributed by atoms with Crippen LogP contribution in [0.4, 0.5) is 0 Å². The van der Waals surface area contributed by atoms with E-state index in [0.717, 1.165) is 11.1 Å². The molecule has 0 N–H and O–H groups in total. The van der Waals surface area contributed by atoms with Crippen molar-refractivity contribution in [1.82, 2.24) is 0 Å². The Labute approximate surface area is 163 Å². The van der Waals surface area contributed by atoms with Crippen LogP contribution in [0.5, 0.6) is 0 Å². The predicted octanol–water partition coefficient (Wildman–Crippen LogP) is 6.43. The average Bonchev–Trinajstić information content (AvgIpc) is 2.73. The zero-order valence-corrected chi connectivity index (χ0v) is 15.1. The molecule has 0 saturated heterocycles. The number of rotatable bonds is 3. The van der Waals surface area contributed by atoms with Gasteiger partial charge in [0.2, 0.25) is 0 Å². The summed E-state index contributed by atoms with van der Waals surface area (Å²) in [6.07, 6.45) is 3.63. The summed E-state index contributed by atoms with van der Waals surface area (Å²) in [5.74, 6) is 0. The second-order valence-electron chi connectivity index (χ2n) is 7.19. The van der Waals surface area contributed by atoms with Gasteiger partial charge in [0.1, 0.15) is 0 Å². The topological polar surface area (TPSA) is 24.7 Å². The average molecular weight is 356 g/mol. The van der Waals surface area contributed by atoms with Crippen LogP contribution in [0, 0.1) is 0 Å². The van der Waals surface area contributed by atoms with E-state index in [1.807, 2.05) is 12.4 Å². The molecule has 0 aliphatic heterocycles. The van der Waals surface area contributed by atoms with Crippen LogP contribution >= 0.6 is 0 Å². The van der Waals surface area contributed by atoms with Crippen LogP contribution in [0.25, 0.3) is 44.5 Å². The van der Waals surface area contributed by atoms with Crippen molar-refractivity contribution in [2.45, 2.75) is 0 Å². The summed E-state index contributed by atoms with van der Waals surface area (Å²) >= 11 is 0. The molecule has 130 valence electrons. The quantitative estimate of drug-likeness (QED) is 0.258. The van der Waals surface area contributed by atoms with Crippen molar-refractivity contribution in [2.75, 3.05) is 0 Å². The maximum Gasteiger partial charge on any atom is 0.0568 e. The zero-order chi connectivity index (χ0) is 18.5. The molecule has 0 atom stereocenters. The third-order valence-electron chi connectivity index (χ3n) is 5.58. The Balaban J connectivity index is 1.20. The van der Waals surface area contributed by atoms with Crippen LogP contribution in [-0.4, -0.2) is 12.4 Å². The molecule has 4 aromatic carbocycles. The highest BCUT2D eigenvalue weighted by atomic mass is 15.2. The summed E-state index contributed by atoms with van der Waals surface area (Å²) in [6, 6.07) is 29.9. The van der Waals surface area contributed by atoms with Gasteiger partial charge in [-0.3, -0.25) is 0 Å². The molecule has 0 aromatic heterocycles. The van der Waals surface area contributed by atoms with Gasteiger partial charge in [-0.05, 0) is 67.8 Å². The van der Waals surface area contributed by atoms with Crippen molar-refractivity contribution >= 4 is 12.4 Å². The van der Waals surface area contributed by atoms with Gasteiger partial charge < -0.3 is 0 Å². The minimum atomic E-state index is 1.07. The third-order valence-corrected chi connectivity index (χ3v) is 5.58. The SMILES string of the molecule is C(=N\N=C\c1ccc2c(c1)-c1ccccc1-2)/c1ccc2c(c1)-c1ccccc1-2. The molecule has 0 heterocycles. The van der Waals surface area contributed by atoms with E-state index in [9.17, 15) is 0 Å². The zero-order valence-electron chi connectivity index (χ0n) is 15.1. The molecule has 2 nitrogen and oxygen atoms in total. The van der Waals surface area contributed by atoms with E-state index in [4.69, 9.17) is 0 Å². The highest BCUT2D eigenvalue weighted by Gasteiger charge is 2.22. The van der Waals surface area contributed by atoms with Crippen molar-refractivity contribution < 1.29 is 0 Å². The first-order valence-corrected chi connectivity index (χ1v) is 9.42. The largest absolute Gasteiger partial charge is 0.159 e. The molecule has 0 unspecified atom stereocenters. The Bertz CT molecular complexity index is 1210. The summed E-state index contributed by atoms with van der Waals surface area (Å²) in [4.78, 5) is 0. The lowest BCUT2D eigenvalue weighted by Crippen LogP contribution is -1.99. The Hall–Kier alpha value is -3.78. The van der Waals surface area contributed by atoms with Crippen molar-refractivity contribution in [3.8, 4) is 44.5 Å². The van der Waals surface area contributed by atoms with E-state index in [1.165, 1.54) is 44.5 Å². The van der Waals surface area contributed by atoms with Crippen molar-refractivity contribution in [3.05, 3.63) is 96.1 Å². The normalized spacial score (nSPS) is 12.7. The molecular weight excluding hydrogens is 340 g/mol. The predicted molar refractivity (Wildman–Crippen MR) is 117 cm³/mol. The first kappa shape index (κ1) is 15.3. The van der Waals surface area contributed by atoms with Crippen LogP contribution in [0.3, 0.4) is 0 Å². The lowest BCUT2D eigenvalue weighted by atomic mass is 9.80. The van der Waals surface area contributed by atoms with Crippen LogP contribution < -0.4 is 0 Å². The molecule has 0 spiro atoms. The first-order valence-electron chi connectivity index (χ1n) is 9.42. The minimum Gasteiger partial charge on any atom is -0.159 e. The number of nitrogens with zero attached hydrogens (tertiary/aromatic N) is 2. The smallest absolute Gasteiger partial charge is 0.0568 e.